The Hall–Kier alpha value is -2.41. The zero-order valence-electron chi connectivity index (χ0n) is 12.4. The average Bonchev–Trinajstić information content (AvgIpc) is 2.78. The van der Waals surface area contributed by atoms with Gasteiger partial charge in [-0.2, -0.15) is 5.10 Å². The van der Waals surface area contributed by atoms with E-state index in [0.717, 1.165) is 0 Å². The average molecular weight is 323 g/mol. The van der Waals surface area contributed by atoms with E-state index in [9.17, 15) is 14.9 Å². The molecule has 22 heavy (non-hydrogen) atoms. The minimum atomic E-state index is -0.496. The van der Waals surface area contributed by atoms with Gasteiger partial charge in [-0.15, -0.1) is 0 Å². The van der Waals surface area contributed by atoms with E-state index in [4.69, 9.17) is 11.6 Å². The highest BCUT2D eigenvalue weighted by Crippen LogP contribution is 2.23. The van der Waals surface area contributed by atoms with Crippen LogP contribution in [0.15, 0.2) is 24.4 Å². The molecule has 1 aromatic carbocycles. The molecule has 0 saturated carbocycles. The molecule has 0 fully saturated rings. The molecule has 0 aliphatic rings. The molecule has 2 rings (SSSR count). The van der Waals surface area contributed by atoms with Crippen LogP contribution in [0.3, 0.4) is 0 Å². The maximum atomic E-state index is 12.5. The van der Waals surface area contributed by atoms with E-state index in [0.29, 0.717) is 21.8 Å². The number of halogens is 1. The topological polar surface area (TPSA) is 81.3 Å². The highest BCUT2D eigenvalue weighted by atomic mass is 35.5. The monoisotopic (exact) mass is 322 g/mol. The van der Waals surface area contributed by atoms with Gasteiger partial charge in [0.15, 0.2) is 0 Å². The fourth-order valence-electron chi connectivity index (χ4n) is 2.17. The number of hydrogen-bond acceptors (Lipinski definition) is 4. The molecule has 0 bridgehead atoms. The molecule has 0 spiro atoms. The third kappa shape index (κ3) is 2.94. The Morgan fingerprint density at radius 1 is 1.50 bits per heavy atom. The van der Waals surface area contributed by atoms with Crippen LogP contribution < -0.4 is 0 Å². The van der Waals surface area contributed by atoms with Crippen molar-refractivity contribution in [2.75, 3.05) is 7.05 Å². The van der Waals surface area contributed by atoms with Gasteiger partial charge in [-0.1, -0.05) is 17.7 Å². The molecule has 1 aromatic heterocycles. The molecule has 0 atom stereocenters. The lowest BCUT2D eigenvalue weighted by atomic mass is 10.1. The molecular formula is C14H15ClN4O3. The SMILES string of the molecule is Cc1c(C(=O)N(C)Cc2c(Cl)cnn2C)cccc1[N+](=O)[O-]. The number of benzene rings is 1. The summed E-state index contributed by atoms with van der Waals surface area (Å²) in [7, 11) is 3.35. The van der Waals surface area contributed by atoms with Crippen molar-refractivity contribution in [1.82, 2.24) is 14.7 Å². The number of carbonyl (C=O) groups is 1. The fourth-order valence-corrected chi connectivity index (χ4v) is 2.39. The molecule has 0 radical (unpaired) electrons. The van der Waals surface area contributed by atoms with Crippen molar-refractivity contribution in [3.8, 4) is 0 Å². The first kappa shape index (κ1) is 16.0. The van der Waals surface area contributed by atoms with Crippen LogP contribution >= 0.6 is 11.6 Å². The maximum absolute atomic E-state index is 12.5. The lowest BCUT2D eigenvalue weighted by Crippen LogP contribution is -2.28. The second kappa shape index (κ2) is 6.15. The lowest BCUT2D eigenvalue weighted by molar-refractivity contribution is -0.385. The van der Waals surface area contributed by atoms with Crippen molar-refractivity contribution in [3.05, 3.63) is 56.4 Å². The third-order valence-corrected chi connectivity index (χ3v) is 3.79. The van der Waals surface area contributed by atoms with E-state index >= 15 is 0 Å². The molecule has 2 aromatic rings. The predicted octanol–water partition coefficient (Wildman–Crippen LogP) is 2.56. The Morgan fingerprint density at radius 2 is 2.18 bits per heavy atom. The van der Waals surface area contributed by atoms with Crippen LogP contribution in [-0.2, 0) is 13.6 Å². The summed E-state index contributed by atoms with van der Waals surface area (Å²) in [5.41, 5.74) is 1.27. The number of rotatable bonds is 4. The number of nitro benzene ring substituents is 1. The first-order valence-corrected chi connectivity index (χ1v) is 6.86. The van der Waals surface area contributed by atoms with Crippen LogP contribution in [0.4, 0.5) is 5.69 Å². The number of aromatic nitrogens is 2. The minimum absolute atomic E-state index is 0.0715. The lowest BCUT2D eigenvalue weighted by Gasteiger charge is -2.18. The second-order valence-electron chi connectivity index (χ2n) is 4.93. The van der Waals surface area contributed by atoms with Gasteiger partial charge in [-0.3, -0.25) is 19.6 Å². The molecule has 0 N–H and O–H groups in total. The van der Waals surface area contributed by atoms with Crippen molar-refractivity contribution >= 4 is 23.2 Å². The quantitative estimate of drug-likeness (QED) is 0.640. The van der Waals surface area contributed by atoms with E-state index in [1.165, 1.54) is 23.2 Å². The van der Waals surface area contributed by atoms with Crippen molar-refractivity contribution in [3.63, 3.8) is 0 Å². The second-order valence-corrected chi connectivity index (χ2v) is 5.34. The van der Waals surface area contributed by atoms with Crippen molar-refractivity contribution in [2.24, 2.45) is 7.05 Å². The van der Waals surface area contributed by atoms with E-state index in [1.807, 2.05) is 0 Å². The van der Waals surface area contributed by atoms with Gasteiger partial charge in [0.25, 0.3) is 11.6 Å². The number of nitrogens with zero attached hydrogens (tertiary/aromatic N) is 4. The van der Waals surface area contributed by atoms with E-state index in [2.05, 4.69) is 5.10 Å². The van der Waals surface area contributed by atoms with Gasteiger partial charge in [0, 0.05) is 31.3 Å². The van der Waals surface area contributed by atoms with E-state index in [-0.39, 0.29) is 18.1 Å². The maximum Gasteiger partial charge on any atom is 0.273 e. The normalized spacial score (nSPS) is 10.5. The van der Waals surface area contributed by atoms with Gasteiger partial charge < -0.3 is 4.90 Å². The van der Waals surface area contributed by atoms with Crippen LogP contribution in [-0.4, -0.2) is 32.6 Å². The molecule has 1 amide bonds. The molecule has 0 aliphatic heterocycles. The van der Waals surface area contributed by atoms with Gasteiger partial charge in [-0.05, 0) is 13.0 Å². The van der Waals surface area contributed by atoms with Gasteiger partial charge in [-0.25, -0.2) is 0 Å². The van der Waals surface area contributed by atoms with E-state index < -0.39 is 4.92 Å². The summed E-state index contributed by atoms with van der Waals surface area (Å²) in [6, 6.07) is 4.46. The summed E-state index contributed by atoms with van der Waals surface area (Å²) < 4.78 is 1.59. The summed E-state index contributed by atoms with van der Waals surface area (Å²) in [4.78, 5) is 24.4. The molecule has 0 unspecified atom stereocenters. The standard InChI is InChI=1S/C14H15ClN4O3/c1-9-10(5-4-6-12(9)19(21)22)14(20)17(2)8-13-11(15)7-16-18(13)3/h4-7H,8H2,1-3H3. The molecule has 0 aliphatic carbocycles. The van der Waals surface area contributed by atoms with Gasteiger partial charge >= 0.3 is 0 Å². The predicted molar refractivity (Wildman–Crippen MR) is 81.8 cm³/mol. The molecule has 116 valence electrons. The fraction of sp³-hybridized carbons (Fsp3) is 0.286. The van der Waals surface area contributed by atoms with Crippen LogP contribution in [0.1, 0.15) is 21.6 Å². The molecular weight excluding hydrogens is 308 g/mol. The summed E-state index contributed by atoms with van der Waals surface area (Å²) in [5.74, 6) is -0.307. The zero-order valence-corrected chi connectivity index (χ0v) is 13.2. The first-order chi connectivity index (χ1) is 10.3. The number of carbonyl (C=O) groups excluding carboxylic acids is 1. The zero-order chi connectivity index (χ0) is 16.4. The molecule has 1 heterocycles. The largest absolute Gasteiger partial charge is 0.336 e. The van der Waals surface area contributed by atoms with Crippen LogP contribution in [0.25, 0.3) is 0 Å². The number of hydrogen-bond donors (Lipinski definition) is 0. The van der Waals surface area contributed by atoms with Crippen LogP contribution in [0.2, 0.25) is 5.02 Å². The van der Waals surface area contributed by atoms with Gasteiger partial charge in [0.05, 0.1) is 28.4 Å². The molecule has 8 heteroatoms. The third-order valence-electron chi connectivity index (χ3n) is 3.48. The Labute approximate surface area is 132 Å². The number of aryl methyl sites for hydroxylation is 1. The van der Waals surface area contributed by atoms with Gasteiger partial charge in [0.1, 0.15) is 0 Å². The van der Waals surface area contributed by atoms with Crippen LogP contribution in [0, 0.1) is 17.0 Å². The molecule has 0 saturated heterocycles. The summed E-state index contributed by atoms with van der Waals surface area (Å²) in [6.07, 6.45) is 1.51. The highest BCUT2D eigenvalue weighted by molar-refractivity contribution is 6.31. The highest BCUT2D eigenvalue weighted by Gasteiger charge is 2.21. The van der Waals surface area contributed by atoms with Crippen molar-refractivity contribution in [2.45, 2.75) is 13.5 Å². The molecule has 7 nitrogen and oxygen atoms in total. The Morgan fingerprint density at radius 3 is 2.73 bits per heavy atom. The van der Waals surface area contributed by atoms with E-state index in [1.54, 1.807) is 31.8 Å². The summed E-state index contributed by atoms with van der Waals surface area (Å²) in [6.45, 7) is 1.83. The minimum Gasteiger partial charge on any atom is -0.336 e. The van der Waals surface area contributed by atoms with Crippen molar-refractivity contribution < 1.29 is 9.72 Å². The Balaban J connectivity index is 2.28. The van der Waals surface area contributed by atoms with Crippen LogP contribution in [0.5, 0.6) is 0 Å². The first-order valence-electron chi connectivity index (χ1n) is 6.48. The summed E-state index contributed by atoms with van der Waals surface area (Å²) >= 11 is 6.03. The summed E-state index contributed by atoms with van der Waals surface area (Å²) in [5, 5.41) is 15.4. The Bertz CT molecular complexity index is 722. The van der Waals surface area contributed by atoms with Gasteiger partial charge in [0.2, 0.25) is 0 Å². The number of nitro groups is 1. The number of amides is 1. The Kier molecular flexibility index (Phi) is 4.46. The smallest absolute Gasteiger partial charge is 0.273 e. The van der Waals surface area contributed by atoms with Crippen molar-refractivity contribution in [1.29, 1.82) is 0 Å².